The molecule has 8 saturated carbocycles. The first-order valence-electron chi connectivity index (χ1n) is 19.0. The summed E-state index contributed by atoms with van der Waals surface area (Å²) in [5.41, 5.74) is 3.78. The Kier molecular flexibility index (Phi) is 3.60. The van der Waals surface area contributed by atoms with E-state index in [2.05, 4.69) is 166 Å². The summed E-state index contributed by atoms with van der Waals surface area (Å²) in [4.78, 5) is 0. The quantitative estimate of drug-likeness (QED) is 0.243. The second kappa shape index (κ2) is 5.27. The standard InChI is InChI=1S/C44H72/c1-25(2)29(9)30(10)26(3,4)35(15)36(16)28(7,8)32(12)31(11,37(29,17)38(30,32)18)27(5,6)34(14)33(25,13)39(19)40(34,20)44(24)42(36,22)41(35,21)43(39,44)23/h1-24H3. The minimum absolute atomic E-state index is 0.136. The van der Waals surface area contributed by atoms with Gasteiger partial charge in [-0.15, -0.1) is 0 Å². The Morgan fingerprint density at radius 2 is 0.182 bits per heavy atom. The third kappa shape index (κ3) is 1.11. The van der Waals surface area contributed by atoms with Gasteiger partial charge in [-0.05, 0) is 108 Å². The van der Waals surface area contributed by atoms with Gasteiger partial charge in [0.05, 0.1) is 0 Å². The molecule has 0 saturated heterocycles. The highest BCUT2D eigenvalue weighted by Gasteiger charge is 3.22. The van der Waals surface area contributed by atoms with Gasteiger partial charge in [0.2, 0.25) is 0 Å². The molecule has 8 aliphatic rings. The van der Waals surface area contributed by atoms with Gasteiger partial charge >= 0.3 is 0 Å². The Labute approximate surface area is 273 Å². The van der Waals surface area contributed by atoms with Crippen molar-refractivity contribution in [3.05, 3.63) is 0 Å². The fraction of sp³-hybridized carbons (Fsp3) is 1.00. The SMILES string of the molecule is CC1(C)C2(C)C3(C)C(C)(C)C4(C)C5(C)C(C)(C)C6(C)C(C)(C(C)(C)C7(C)C1(C)C1(C)C7(C)C7(C)C5(C)C4(C)C17C)C2(C)C36C. The van der Waals surface area contributed by atoms with Crippen LogP contribution in [-0.4, -0.2) is 0 Å². The summed E-state index contributed by atoms with van der Waals surface area (Å²) in [5, 5.41) is 0. The van der Waals surface area contributed by atoms with Crippen LogP contribution in [0.5, 0.6) is 0 Å². The molecule has 0 bridgehead atoms. The maximum atomic E-state index is 2.91. The van der Waals surface area contributed by atoms with E-state index in [9.17, 15) is 0 Å². The molecular formula is C44H72. The first kappa shape index (κ1) is 30.1. The van der Waals surface area contributed by atoms with E-state index in [0.29, 0.717) is 0 Å². The highest BCUT2D eigenvalue weighted by atomic mass is 15.2. The second-order valence-corrected chi connectivity index (χ2v) is 24.5. The Balaban J connectivity index is 1.70. The van der Waals surface area contributed by atoms with E-state index >= 15 is 0 Å². The van der Waals surface area contributed by atoms with E-state index < -0.39 is 0 Å². The minimum Gasteiger partial charge on any atom is -0.0588 e. The molecule has 0 amide bonds. The van der Waals surface area contributed by atoms with Gasteiger partial charge in [0.1, 0.15) is 0 Å². The Hall–Kier alpha value is 0. The zero-order chi connectivity index (χ0) is 34.0. The summed E-state index contributed by atoms with van der Waals surface area (Å²) in [5.74, 6) is 0. The summed E-state index contributed by atoms with van der Waals surface area (Å²) in [6.45, 7) is 69.2. The minimum atomic E-state index is 0.136. The molecule has 0 spiro atoms. The van der Waals surface area contributed by atoms with Crippen LogP contribution >= 0.6 is 0 Å². The van der Waals surface area contributed by atoms with Crippen molar-refractivity contribution in [2.75, 3.05) is 0 Å². The van der Waals surface area contributed by atoms with Crippen LogP contribution in [0.4, 0.5) is 0 Å². The van der Waals surface area contributed by atoms with Gasteiger partial charge in [0.15, 0.2) is 0 Å². The van der Waals surface area contributed by atoms with Crippen molar-refractivity contribution in [1.82, 2.24) is 0 Å². The smallest absolute Gasteiger partial charge is 0.0131 e. The molecule has 8 fully saturated rings. The van der Waals surface area contributed by atoms with Crippen molar-refractivity contribution >= 4 is 0 Å². The fourth-order valence-electron chi connectivity index (χ4n) is 27.6. The normalized spacial score (nSPS) is 80.2. The molecule has 0 aromatic heterocycles. The lowest BCUT2D eigenvalue weighted by Gasteiger charge is -3.16. The van der Waals surface area contributed by atoms with Gasteiger partial charge in [-0.3, -0.25) is 0 Å². The number of fused-ring (bicyclic) bond motifs is 15. The van der Waals surface area contributed by atoms with Crippen molar-refractivity contribution in [2.45, 2.75) is 166 Å². The van der Waals surface area contributed by atoms with Crippen LogP contribution in [0.3, 0.4) is 0 Å². The van der Waals surface area contributed by atoms with Gasteiger partial charge in [-0.25, -0.2) is 0 Å². The summed E-state index contributed by atoms with van der Waals surface area (Å²) in [6, 6.07) is 0. The molecule has 8 rings (SSSR count). The van der Waals surface area contributed by atoms with Crippen LogP contribution in [0.15, 0.2) is 0 Å². The zero-order valence-electron chi connectivity index (χ0n) is 34.0. The summed E-state index contributed by atoms with van der Waals surface area (Å²) >= 11 is 0. The monoisotopic (exact) mass is 601 g/mol. The van der Waals surface area contributed by atoms with Crippen molar-refractivity contribution in [1.29, 1.82) is 0 Å². The van der Waals surface area contributed by atoms with E-state index in [1.54, 1.807) is 0 Å². The largest absolute Gasteiger partial charge is 0.0588 e. The lowest BCUT2D eigenvalue weighted by Crippen LogP contribution is -3.13. The van der Waals surface area contributed by atoms with E-state index in [0.717, 1.165) is 0 Å². The molecule has 0 aliphatic heterocycles. The first-order valence-corrected chi connectivity index (χ1v) is 19.0. The molecule has 12 atom stereocenters. The number of hydrogen-bond donors (Lipinski definition) is 0. The molecule has 0 heterocycles. The van der Waals surface area contributed by atoms with Crippen LogP contribution in [-0.2, 0) is 0 Å². The Bertz CT molecular complexity index is 1410. The van der Waals surface area contributed by atoms with Crippen LogP contribution in [0, 0.1) is 108 Å². The number of hydrogen-bond acceptors (Lipinski definition) is 0. The highest BCUT2D eigenvalue weighted by molar-refractivity contribution is 5.68. The maximum Gasteiger partial charge on any atom is -0.0131 e. The van der Waals surface area contributed by atoms with E-state index in [4.69, 9.17) is 0 Å². The van der Waals surface area contributed by atoms with Crippen molar-refractivity contribution in [3.8, 4) is 0 Å². The lowest BCUT2D eigenvalue weighted by molar-refractivity contribution is -0.700. The van der Waals surface area contributed by atoms with Gasteiger partial charge in [-0.2, -0.15) is 0 Å². The average Bonchev–Trinajstić information content (AvgIpc) is 2.96. The van der Waals surface area contributed by atoms with Gasteiger partial charge < -0.3 is 0 Å². The molecule has 44 heavy (non-hydrogen) atoms. The van der Waals surface area contributed by atoms with Crippen molar-refractivity contribution in [2.24, 2.45) is 108 Å². The van der Waals surface area contributed by atoms with Crippen molar-refractivity contribution < 1.29 is 0 Å². The van der Waals surface area contributed by atoms with E-state index in [-0.39, 0.29) is 108 Å². The molecule has 0 N–H and O–H groups in total. The molecule has 248 valence electrons. The van der Waals surface area contributed by atoms with Gasteiger partial charge in [-0.1, -0.05) is 166 Å². The van der Waals surface area contributed by atoms with E-state index in [1.165, 1.54) is 0 Å². The highest BCUT2D eigenvalue weighted by Crippen LogP contribution is 3.25. The van der Waals surface area contributed by atoms with Gasteiger partial charge in [0, 0.05) is 0 Å². The Morgan fingerprint density at radius 3 is 0.295 bits per heavy atom. The van der Waals surface area contributed by atoms with Crippen LogP contribution < -0.4 is 0 Å². The maximum absolute atomic E-state index is 2.91. The summed E-state index contributed by atoms with van der Waals surface area (Å²) in [6.07, 6.45) is 0. The van der Waals surface area contributed by atoms with Crippen molar-refractivity contribution in [3.63, 3.8) is 0 Å². The predicted molar refractivity (Wildman–Crippen MR) is 185 cm³/mol. The molecular weight excluding hydrogens is 528 g/mol. The average molecular weight is 601 g/mol. The Morgan fingerprint density at radius 1 is 0.114 bits per heavy atom. The molecule has 12 unspecified atom stereocenters. The third-order valence-electron chi connectivity index (χ3n) is 30.0. The summed E-state index contributed by atoms with van der Waals surface area (Å²) < 4.78 is 0. The van der Waals surface area contributed by atoms with E-state index in [1.807, 2.05) is 0 Å². The van der Waals surface area contributed by atoms with Crippen LogP contribution in [0.25, 0.3) is 0 Å². The topological polar surface area (TPSA) is 0 Å². The second-order valence-electron chi connectivity index (χ2n) is 24.5. The first-order chi connectivity index (χ1) is 19.0. The molecule has 0 nitrogen and oxygen atoms in total. The molecule has 0 aromatic rings. The molecule has 8 aliphatic carbocycles. The molecule has 0 aromatic carbocycles. The lowest BCUT2D eigenvalue weighted by atomic mass is 8.87. The molecule has 0 radical (unpaired) electrons. The predicted octanol–water partition coefficient (Wildman–Crippen LogP) is 12.3. The number of rotatable bonds is 0. The molecule has 0 heteroatoms. The summed E-state index contributed by atoms with van der Waals surface area (Å²) in [7, 11) is 0. The van der Waals surface area contributed by atoms with Crippen LogP contribution in [0.1, 0.15) is 166 Å². The zero-order valence-corrected chi connectivity index (χ0v) is 34.0. The fourth-order valence-corrected chi connectivity index (χ4v) is 27.6. The third-order valence-corrected chi connectivity index (χ3v) is 30.0. The van der Waals surface area contributed by atoms with Gasteiger partial charge in [0.25, 0.3) is 0 Å². The van der Waals surface area contributed by atoms with Crippen LogP contribution in [0.2, 0.25) is 0 Å².